The molecular weight excluding hydrogens is 160 g/mol. The Bertz CT molecular complexity index is 154. The van der Waals surface area contributed by atoms with Gasteiger partial charge in [-0.1, -0.05) is 13.3 Å². The van der Waals surface area contributed by atoms with E-state index < -0.39 is 0 Å². The fraction of sp³-hybridized carbons (Fsp3) is 1.00. The summed E-state index contributed by atoms with van der Waals surface area (Å²) in [6.45, 7) is 12.7. The first kappa shape index (κ1) is 11.0. The SMILES string of the molecule is CCCCN1CC(C)(C)NCC1C. The summed E-state index contributed by atoms with van der Waals surface area (Å²) in [4.78, 5) is 2.61. The third kappa shape index (κ3) is 3.28. The van der Waals surface area contributed by atoms with Crippen molar-refractivity contribution in [2.24, 2.45) is 0 Å². The van der Waals surface area contributed by atoms with Crippen molar-refractivity contribution in [2.45, 2.75) is 52.1 Å². The molecule has 2 nitrogen and oxygen atoms in total. The van der Waals surface area contributed by atoms with E-state index in [0.717, 1.165) is 6.54 Å². The van der Waals surface area contributed by atoms with Gasteiger partial charge >= 0.3 is 0 Å². The van der Waals surface area contributed by atoms with Crippen LogP contribution < -0.4 is 5.32 Å². The molecule has 0 saturated carbocycles. The van der Waals surface area contributed by atoms with Gasteiger partial charge in [0.15, 0.2) is 0 Å². The summed E-state index contributed by atoms with van der Waals surface area (Å²) < 4.78 is 0. The van der Waals surface area contributed by atoms with Crippen LogP contribution in [0, 0.1) is 0 Å². The smallest absolute Gasteiger partial charge is 0.0252 e. The lowest BCUT2D eigenvalue weighted by Gasteiger charge is -2.43. The van der Waals surface area contributed by atoms with Crippen molar-refractivity contribution >= 4 is 0 Å². The standard InChI is InChI=1S/C11H24N2/c1-5-6-7-13-9-11(3,4)12-8-10(13)2/h10,12H,5-9H2,1-4H3. The molecule has 1 rings (SSSR count). The lowest BCUT2D eigenvalue weighted by atomic mass is 9.99. The lowest BCUT2D eigenvalue weighted by Crippen LogP contribution is -2.60. The summed E-state index contributed by atoms with van der Waals surface area (Å²) in [6.07, 6.45) is 2.64. The predicted molar refractivity (Wildman–Crippen MR) is 58.0 cm³/mol. The zero-order chi connectivity index (χ0) is 9.90. The summed E-state index contributed by atoms with van der Waals surface area (Å²) in [5.41, 5.74) is 0.306. The van der Waals surface area contributed by atoms with E-state index in [1.807, 2.05) is 0 Å². The average Bonchev–Trinajstić information content (AvgIpc) is 2.07. The van der Waals surface area contributed by atoms with Crippen molar-refractivity contribution in [3.63, 3.8) is 0 Å². The molecule has 0 aromatic carbocycles. The van der Waals surface area contributed by atoms with Gasteiger partial charge in [-0.15, -0.1) is 0 Å². The van der Waals surface area contributed by atoms with Crippen LogP contribution in [-0.2, 0) is 0 Å². The Kier molecular flexibility index (Phi) is 3.74. The van der Waals surface area contributed by atoms with E-state index in [2.05, 4.69) is 37.9 Å². The van der Waals surface area contributed by atoms with E-state index in [0.29, 0.717) is 11.6 Å². The molecule has 2 heteroatoms. The van der Waals surface area contributed by atoms with E-state index in [1.165, 1.54) is 25.9 Å². The molecule has 0 spiro atoms. The predicted octanol–water partition coefficient (Wildman–Crippen LogP) is 1.86. The molecule has 1 saturated heterocycles. The fourth-order valence-corrected chi connectivity index (χ4v) is 1.93. The molecule has 13 heavy (non-hydrogen) atoms. The average molecular weight is 184 g/mol. The molecule has 1 fully saturated rings. The number of hydrogen-bond donors (Lipinski definition) is 1. The van der Waals surface area contributed by atoms with Gasteiger partial charge in [-0.2, -0.15) is 0 Å². The number of nitrogens with one attached hydrogen (secondary N) is 1. The number of piperazine rings is 1. The van der Waals surface area contributed by atoms with Crippen molar-refractivity contribution < 1.29 is 0 Å². The minimum Gasteiger partial charge on any atom is -0.309 e. The zero-order valence-corrected chi connectivity index (χ0v) is 9.56. The maximum absolute atomic E-state index is 3.57. The monoisotopic (exact) mass is 184 g/mol. The second-order valence-corrected chi connectivity index (χ2v) is 4.94. The van der Waals surface area contributed by atoms with Gasteiger partial charge in [0.1, 0.15) is 0 Å². The molecule has 0 aliphatic carbocycles. The second-order valence-electron chi connectivity index (χ2n) is 4.94. The Hall–Kier alpha value is -0.0800. The normalized spacial score (nSPS) is 29.1. The van der Waals surface area contributed by atoms with Crippen LogP contribution in [0.1, 0.15) is 40.5 Å². The molecule has 1 unspecified atom stereocenters. The first-order chi connectivity index (χ1) is 6.05. The lowest BCUT2D eigenvalue weighted by molar-refractivity contribution is 0.103. The first-order valence-corrected chi connectivity index (χ1v) is 5.54. The summed E-state index contributed by atoms with van der Waals surface area (Å²) in [6, 6.07) is 0.708. The molecule has 0 amide bonds. The highest BCUT2D eigenvalue weighted by molar-refractivity contribution is 4.90. The maximum Gasteiger partial charge on any atom is 0.0252 e. The molecule has 1 atom stereocenters. The van der Waals surface area contributed by atoms with Gasteiger partial charge in [-0.25, -0.2) is 0 Å². The van der Waals surface area contributed by atoms with Crippen molar-refractivity contribution in [1.29, 1.82) is 0 Å². The van der Waals surface area contributed by atoms with Crippen LogP contribution in [0.4, 0.5) is 0 Å². The van der Waals surface area contributed by atoms with Crippen LogP contribution in [-0.4, -0.2) is 36.1 Å². The van der Waals surface area contributed by atoms with Crippen LogP contribution >= 0.6 is 0 Å². The number of hydrogen-bond acceptors (Lipinski definition) is 2. The van der Waals surface area contributed by atoms with Gasteiger partial charge in [-0.05, 0) is 33.7 Å². The first-order valence-electron chi connectivity index (χ1n) is 5.54. The van der Waals surface area contributed by atoms with Gasteiger partial charge < -0.3 is 5.32 Å². The van der Waals surface area contributed by atoms with Crippen LogP contribution in [0.25, 0.3) is 0 Å². The highest BCUT2D eigenvalue weighted by atomic mass is 15.2. The molecule has 0 aromatic heterocycles. The Morgan fingerprint density at radius 2 is 2.15 bits per heavy atom. The quantitative estimate of drug-likeness (QED) is 0.720. The molecule has 0 aromatic rings. The summed E-state index contributed by atoms with van der Waals surface area (Å²) in [5.74, 6) is 0. The largest absolute Gasteiger partial charge is 0.309 e. The van der Waals surface area contributed by atoms with E-state index in [9.17, 15) is 0 Å². The summed E-state index contributed by atoms with van der Waals surface area (Å²) >= 11 is 0. The molecule has 0 bridgehead atoms. The van der Waals surface area contributed by atoms with Crippen molar-refractivity contribution in [1.82, 2.24) is 10.2 Å². The third-order valence-electron chi connectivity index (χ3n) is 2.90. The molecule has 1 heterocycles. The highest BCUT2D eigenvalue weighted by Crippen LogP contribution is 2.15. The van der Waals surface area contributed by atoms with Crippen molar-refractivity contribution in [3.05, 3.63) is 0 Å². The third-order valence-corrected chi connectivity index (χ3v) is 2.90. The molecular formula is C11H24N2. The van der Waals surface area contributed by atoms with Crippen LogP contribution in [0.2, 0.25) is 0 Å². The Balaban J connectivity index is 2.41. The Labute approximate surface area is 82.7 Å². The topological polar surface area (TPSA) is 15.3 Å². The van der Waals surface area contributed by atoms with E-state index >= 15 is 0 Å². The van der Waals surface area contributed by atoms with Crippen LogP contribution in [0.3, 0.4) is 0 Å². The highest BCUT2D eigenvalue weighted by Gasteiger charge is 2.29. The summed E-state index contributed by atoms with van der Waals surface area (Å²) in [5, 5.41) is 3.57. The zero-order valence-electron chi connectivity index (χ0n) is 9.56. The maximum atomic E-state index is 3.57. The fourth-order valence-electron chi connectivity index (χ4n) is 1.93. The second kappa shape index (κ2) is 4.43. The minimum absolute atomic E-state index is 0.306. The van der Waals surface area contributed by atoms with Crippen LogP contribution in [0.5, 0.6) is 0 Å². The molecule has 1 aliphatic rings. The Morgan fingerprint density at radius 3 is 2.77 bits per heavy atom. The molecule has 78 valence electrons. The number of rotatable bonds is 3. The summed E-state index contributed by atoms with van der Waals surface area (Å²) in [7, 11) is 0. The van der Waals surface area contributed by atoms with Crippen LogP contribution in [0.15, 0.2) is 0 Å². The van der Waals surface area contributed by atoms with E-state index in [-0.39, 0.29) is 0 Å². The van der Waals surface area contributed by atoms with Gasteiger partial charge in [0.25, 0.3) is 0 Å². The van der Waals surface area contributed by atoms with E-state index in [1.54, 1.807) is 0 Å². The van der Waals surface area contributed by atoms with Gasteiger partial charge in [0.2, 0.25) is 0 Å². The van der Waals surface area contributed by atoms with Gasteiger partial charge in [0, 0.05) is 24.7 Å². The Morgan fingerprint density at radius 1 is 1.46 bits per heavy atom. The molecule has 0 radical (unpaired) electrons. The number of unbranched alkanes of at least 4 members (excludes halogenated alkanes) is 1. The van der Waals surface area contributed by atoms with Gasteiger partial charge in [-0.3, -0.25) is 4.90 Å². The van der Waals surface area contributed by atoms with E-state index in [4.69, 9.17) is 0 Å². The molecule has 1 N–H and O–H groups in total. The minimum atomic E-state index is 0.306. The number of nitrogens with zero attached hydrogens (tertiary/aromatic N) is 1. The van der Waals surface area contributed by atoms with Crippen molar-refractivity contribution in [3.8, 4) is 0 Å². The van der Waals surface area contributed by atoms with Crippen molar-refractivity contribution in [2.75, 3.05) is 19.6 Å². The van der Waals surface area contributed by atoms with Gasteiger partial charge in [0.05, 0.1) is 0 Å². The molecule has 1 aliphatic heterocycles.